The van der Waals surface area contributed by atoms with Gasteiger partial charge in [-0.15, -0.1) is 0 Å². The molecule has 0 saturated carbocycles. The van der Waals surface area contributed by atoms with Gasteiger partial charge in [-0.3, -0.25) is 0 Å². The van der Waals surface area contributed by atoms with Gasteiger partial charge in [-0.2, -0.15) is 0 Å². The first kappa shape index (κ1) is 30.0. The third-order valence-corrected chi connectivity index (χ3v) is 11.5. The molecule has 35 heavy (non-hydrogen) atoms. The molecule has 0 aliphatic rings. The minimum Gasteiger partial charge on any atom is -1.00 e. The van der Waals surface area contributed by atoms with Crippen LogP contribution >= 0.6 is 23.2 Å². The second kappa shape index (κ2) is 18.1. The van der Waals surface area contributed by atoms with Crippen LogP contribution in [0.4, 0.5) is 0 Å². The molecular formula is C32H41Br2P. The molecule has 0 atom stereocenters. The Morgan fingerprint density at radius 2 is 0.857 bits per heavy atom. The Morgan fingerprint density at radius 3 is 1.26 bits per heavy atom. The fourth-order valence-electron chi connectivity index (χ4n) is 4.76. The maximum Gasteiger partial charge on any atom is 0.115 e. The lowest BCUT2D eigenvalue weighted by Crippen LogP contribution is -3.00. The molecular weight excluding hydrogens is 575 g/mol. The smallest absolute Gasteiger partial charge is 0.115 e. The second-order valence-corrected chi connectivity index (χ2v) is 13.5. The van der Waals surface area contributed by atoms with Crippen molar-refractivity contribution in [1.82, 2.24) is 0 Å². The third kappa shape index (κ3) is 9.64. The summed E-state index contributed by atoms with van der Waals surface area (Å²) in [5.74, 6) is 0. The van der Waals surface area contributed by atoms with Gasteiger partial charge >= 0.3 is 0 Å². The van der Waals surface area contributed by atoms with E-state index in [2.05, 4.69) is 119 Å². The van der Waals surface area contributed by atoms with E-state index in [9.17, 15) is 0 Å². The lowest BCUT2D eigenvalue weighted by Gasteiger charge is -2.26. The Morgan fingerprint density at radius 1 is 0.486 bits per heavy atom. The monoisotopic (exact) mass is 614 g/mol. The number of unbranched alkanes of at least 4 members (excludes halogenated alkanes) is 9. The summed E-state index contributed by atoms with van der Waals surface area (Å²) in [6.45, 7) is 0. The quantitative estimate of drug-likeness (QED) is 0.0822. The van der Waals surface area contributed by atoms with Crippen LogP contribution < -0.4 is 32.9 Å². The summed E-state index contributed by atoms with van der Waals surface area (Å²) in [4.78, 5) is 0. The maximum absolute atomic E-state index is 3.52. The molecule has 3 rings (SSSR count). The molecule has 0 amide bonds. The molecule has 0 heterocycles. The molecule has 0 nitrogen and oxygen atoms in total. The van der Waals surface area contributed by atoms with E-state index >= 15 is 0 Å². The fraction of sp³-hybridized carbons (Fsp3) is 0.375. The molecule has 0 unspecified atom stereocenters. The van der Waals surface area contributed by atoms with Crippen LogP contribution in [0.1, 0.15) is 64.2 Å². The van der Waals surface area contributed by atoms with Crippen LogP contribution in [0.3, 0.4) is 0 Å². The van der Waals surface area contributed by atoms with E-state index in [4.69, 9.17) is 0 Å². The topological polar surface area (TPSA) is 0 Å². The largest absolute Gasteiger partial charge is 1.00 e. The van der Waals surface area contributed by atoms with Gasteiger partial charge < -0.3 is 17.0 Å². The van der Waals surface area contributed by atoms with Crippen LogP contribution in [0.25, 0.3) is 0 Å². The van der Waals surface area contributed by atoms with Gasteiger partial charge in [-0.1, -0.05) is 128 Å². The number of benzene rings is 3. The molecule has 0 radical (unpaired) electrons. The van der Waals surface area contributed by atoms with Gasteiger partial charge in [-0.25, -0.2) is 0 Å². The Balaban J connectivity index is 0.00000432. The van der Waals surface area contributed by atoms with E-state index in [-0.39, 0.29) is 17.0 Å². The molecule has 188 valence electrons. The fourth-order valence-corrected chi connectivity index (χ4v) is 9.19. The molecule has 0 aromatic heterocycles. The SMILES string of the molecule is BrCCCCCCCCCCCC=CC[P+](c1ccccc1)(c1ccccc1)c1ccccc1.[Br-]. The minimum absolute atomic E-state index is 0. The zero-order chi connectivity index (χ0) is 23.7. The summed E-state index contributed by atoms with van der Waals surface area (Å²) in [5.41, 5.74) is 0. The van der Waals surface area contributed by atoms with Gasteiger partial charge in [0.15, 0.2) is 0 Å². The maximum atomic E-state index is 3.52. The first-order chi connectivity index (χ1) is 16.9. The van der Waals surface area contributed by atoms with Crippen LogP contribution in [-0.4, -0.2) is 11.5 Å². The van der Waals surface area contributed by atoms with Crippen molar-refractivity contribution in [2.75, 3.05) is 11.5 Å². The molecule has 0 spiro atoms. The number of hydrogen-bond donors (Lipinski definition) is 0. The minimum atomic E-state index is -1.73. The Bertz CT molecular complexity index is 829. The molecule has 0 aliphatic carbocycles. The van der Waals surface area contributed by atoms with E-state index in [1.807, 2.05) is 0 Å². The summed E-state index contributed by atoms with van der Waals surface area (Å²) in [7, 11) is -1.73. The Kier molecular flexibility index (Phi) is 15.5. The summed E-state index contributed by atoms with van der Waals surface area (Å²) in [6, 6.07) is 33.6. The highest BCUT2D eigenvalue weighted by Gasteiger charge is 2.43. The van der Waals surface area contributed by atoms with Gasteiger partial charge in [0.05, 0.1) is 6.16 Å². The van der Waals surface area contributed by atoms with Gasteiger partial charge in [0.2, 0.25) is 0 Å². The van der Waals surface area contributed by atoms with Crippen LogP contribution in [0.15, 0.2) is 103 Å². The first-order valence-electron chi connectivity index (χ1n) is 13.1. The van der Waals surface area contributed by atoms with Crippen molar-refractivity contribution in [3.63, 3.8) is 0 Å². The number of halogens is 2. The molecule has 0 bridgehead atoms. The summed E-state index contributed by atoms with van der Waals surface area (Å²) >= 11 is 3.52. The number of alkyl halides is 1. The van der Waals surface area contributed by atoms with Gasteiger partial charge in [-0.05, 0) is 55.7 Å². The average Bonchev–Trinajstić information content (AvgIpc) is 2.91. The molecule has 0 aliphatic heterocycles. The van der Waals surface area contributed by atoms with E-state index < -0.39 is 7.26 Å². The lowest BCUT2D eigenvalue weighted by atomic mass is 10.1. The highest BCUT2D eigenvalue weighted by molar-refractivity contribution is 9.09. The summed E-state index contributed by atoms with van der Waals surface area (Å²) in [6.07, 6.45) is 19.6. The van der Waals surface area contributed by atoms with E-state index in [1.165, 1.54) is 80.1 Å². The predicted molar refractivity (Wildman–Crippen MR) is 159 cm³/mol. The standard InChI is InChI=1S/C32H41BrP.BrH/c33-28-20-9-7-5-3-1-2-4-6-8-10-21-29-34(30-22-14-11-15-23-30,31-24-16-12-17-25-31)32-26-18-13-19-27-32;/h10-19,21-27H,1-9,20,28-29H2;1H/q+1;/p-1. The second-order valence-electron chi connectivity index (χ2n) is 9.13. The van der Waals surface area contributed by atoms with Gasteiger partial charge in [0.1, 0.15) is 23.2 Å². The van der Waals surface area contributed by atoms with Crippen LogP contribution in [0.2, 0.25) is 0 Å². The van der Waals surface area contributed by atoms with Gasteiger partial charge in [0.25, 0.3) is 0 Å². The Hall–Kier alpha value is -1.21. The van der Waals surface area contributed by atoms with Crippen LogP contribution in [0, 0.1) is 0 Å². The molecule has 0 N–H and O–H groups in total. The normalized spacial score (nSPS) is 11.5. The van der Waals surface area contributed by atoms with Crippen molar-refractivity contribution < 1.29 is 17.0 Å². The molecule has 3 aromatic rings. The highest BCUT2D eigenvalue weighted by Crippen LogP contribution is 2.55. The van der Waals surface area contributed by atoms with Crippen LogP contribution in [-0.2, 0) is 0 Å². The number of hydrogen-bond acceptors (Lipinski definition) is 0. The molecule has 0 saturated heterocycles. The van der Waals surface area contributed by atoms with E-state index in [1.54, 1.807) is 0 Å². The zero-order valence-electron chi connectivity index (χ0n) is 21.0. The van der Waals surface area contributed by atoms with Gasteiger partial charge in [0, 0.05) is 5.33 Å². The predicted octanol–water partition coefficient (Wildman–Crippen LogP) is 5.84. The lowest BCUT2D eigenvalue weighted by molar-refractivity contribution is -0.00000672. The third-order valence-electron chi connectivity index (χ3n) is 6.64. The van der Waals surface area contributed by atoms with Crippen molar-refractivity contribution >= 4 is 39.1 Å². The Labute approximate surface area is 233 Å². The highest BCUT2D eigenvalue weighted by atomic mass is 79.9. The van der Waals surface area contributed by atoms with Crippen molar-refractivity contribution in [2.24, 2.45) is 0 Å². The van der Waals surface area contributed by atoms with Crippen molar-refractivity contribution in [2.45, 2.75) is 64.2 Å². The van der Waals surface area contributed by atoms with E-state index in [0.717, 1.165) is 11.5 Å². The van der Waals surface area contributed by atoms with Crippen molar-refractivity contribution in [3.8, 4) is 0 Å². The van der Waals surface area contributed by atoms with E-state index in [0.29, 0.717) is 0 Å². The van der Waals surface area contributed by atoms with Crippen molar-refractivity contribution in [3.05, 3.63) is 103 Å². The van der Waals surface area contributed by atoms with Crippen LogP contribution in [0.5, 0.6) is 0 Å². The number of allylic oxidation sites excluding steroid dienone is 2. The molecule has 3 aromatic carbocycles. The summed E-state index contributed by atoms with van der Waals surface area (Å²) < 4.78 is 0. The van der Waals surface area contributed by atoms with Crippen molar-refractivity contribution in [1.29, 1.82) is 0 Å². The zero-order valence-corrected chi connectivity index (χ0v) is 25.1. The average molecular weight is 616 g/mol. The molecule has 0 fully saturated rings. The first-order valence-corrected chi connectivity index (χ1v) is 16.2. The molecule has 3 heteroatoms. The summed E-state index contributed by atoms with van der Waals surface area (Å²) in [5, 5.41) is 5.56. The number of rotatable bonds is 16.